The number of benzene rings is 1. The van der Waals surface area contributed by atoms with Crippen molar-refractivity contribution in [3.8, 4) is 0 Å². The number of anilines is 1. The fraction of sp³-hybridized carbons (Fsp3) is 0.438. The Morgan fingerprint density at radius 2 is 1.96 bits per heavy atom. The first kappa shape index (κ1) is 20.5. The number of carbonyl (C=O) groups is 1. The minimum atomic E-state index is -0.0760. The van der Waals surface area contributed by atoms with Crippen molar-refractivity contribution in [2.45, 2.75) is 43.4 Å². The minimum Gasteiger partial charge on any atom is -0.338 e. The number of hydrogen-bond donors (Lipinski definition) is 2. The van der Waals surface area contributed by atoms with E-state index in [1.807, 2.05) is 38.2 Å². The molecule has 2 aromatic rings. The number of carbonyl (C=O) groups excluding carboxylic acids is 1. The van der Waals surface area contributed by atoms with Crippen LogP contribution in [-0.4, -0.2) is 29.1 Å². The van der Waals surface area contributed by atoms with E-state index >= 15 is 0 Å². The van der Waals surface area contributed by atoms with Crippen LogP contribution in [-0.2, 0) is 11.2 Å². The van der Waals surface area contributed by atoms with Gasteiger partial charge in [-0.05, 0) is 45.2 Å². The molecule has 8 heteroatoms. The SMILES string of the molecule is CNC(C)Cc1noc(C(C)Sc2ccc(NC(C)=O)cc2)n1.Cl. The third-order valence-corrected chi connectivity index (χ3v) is 4.40. The summed E-state index contributed by atoms with van der Waals surface area (Å²) in [6.45, 7) is 5.60. The maximum Gasteiger partial charge on any atom is 0.239 e. The monoisotopic (exact) mass is 370 g/mol. The third-order valence-electron chi connectivity index (χ3n) is 3.30. The lowest BCUT2D eigenvalue weighted by atomic mass is 10.2. The molecule has 0 radical (unpaired) electrons. The fourth-order valence-electron chi connectivity index (χ4n) is 1.97. The molecule has 2 unspecified atom stereocenters. The second-order valence-corrected chi connectivity index (χ2v) is 6.82. The van der Waals surface area contributed by atoms with Crippen LogP contribution in [0.4, 0.5) is 5.69 Å². The molecule has 0 aliphatic rings. The summed E-state index contributed by atoms with van der Waals surface area (Å²) in [6, 6.07) is 8.00. The van der Waals surface area contributed by atoms with Gasteiger partial charge in [0.25, 0.3) is 0 Å². The van der Waals surface area contributed by atoms with Gasteiger partial charge in [0.05, 0.1) is 5.25 Å². The lowest BCUT2D eigenvalue weighted by molar-refractivity contribution is -0.114. The number of hydrogen-bond acceptors (Lipinski definition) is 6. The molecule has 132 valence electrons. The molecule has 0 saturated carbocycles. The highest BCUT2D eigenvalue weighted by Gasteiger charge is 2.16. The summed E-state index contributed by atoms with van der Waals surface area (Å²) < 4.78 is 5.35. The summed E-state index contributed by atoms with van der Waals surface area (Å²) >= 11 is 1.64. The van der Waals surface area contributed by atoms with Crippen LogP contribution in [0.2, 0.25) is 0 Å². The maximum atomic E-state index is 11.0. The van der Waals surface area contributed by atoms with Crippen LogP contribution in [0, 0.1) is 0 Å². The van der Waals surface area contributed by atoms with Gasteiger partial charge in [0, 0.05) is 30.0 Å². The molecule has 24 heavy (non-hydrogen) atoms. The van der Waals surface area contributed by atoms with Gasteiger partial charge in [-0.2, -0.15) is 4.98 Å². The van der Waals surface area contributed by atoms with E-state index in [-0.39, 0.29) is 23.6 Å². The molecule has 2 N–H and O–H groups in total. The summed E-state index contributed by atoms with van der Waals surface area (Å²) in [5.74, 6) is 1.27. The first-order valence-corrected chi connectivity index (χ1v) is 8.40. The van der Waals surface area contributed by atoms with Crippen molar-refractivity contribution in [2.24, 2.45) is 0 Å². The summed E-state index contributed by atoms with van der Waals surface area (Å²) in [4.78, 5) is 16.5. The van der Waals surface area contributed by atoms with Crippen molar-refractivity contribution in [2.75, 3.05) is 12.4 Å². The van der Waals surface area contributed by atoms with Crippen molar-refractivity contribution in [1.29, 1.82) is 0 Å². The highest BCUT2D eigenvalue weighted by molar-refractivity contribution is 7.99. The van der Waals surface area contributed by atoms with E-state index in [1.165, 1.54) is 6.92 Å². The maximum absolute atomic E-state index is 11.0. The molecule has 0 aliphatic heterocycles. The number of thioether (sulfide) groups is 1. The Labute approximate surface area is 152 Å². The van der Waals surface area contributed by atoms with Crippen LogP contribution in [0.3, 0.4) is 0 Å². The molecule has 0 spiro atoms. The number of nitrogens with one attached hydrogen (secondary N) is 2. The zero-order valence-electron chi connectivity index (χ0n) is 14.2. The number of halogens is 1. The Bertz CT molecular complexity index is 648. The van der Waals surface area contributed by atoms with E-state index in [0.717, 1.165) is 22.8 Å². The van der Waals surface area contributed by atoms with Gasteiger partial charge >= 0.3 is 0 Å². The van der Waals surface area contributed by atoms with Crippen molar-refractivity contribution in [3.05, 3.63) is 36.0 Å². The molecule has 2 rings (SSSR count). The number of likely N-dealkylation sites (N-methyl/N-ethyl adjacent to an activating group) is 1. The molecular weight excluding hydrogens is 348 g/mol. The van der Waals surface area contributed by atoms with E-state index in [4.69, 9.17) is 4.52 Å². The van der Waals surface area contributed by atoms with Crippen molar-refractivity contribution < 1.29 is 9.32 Å². The van der Waals surface area contributed by atoms with E-state index in [0.29, 0.717) is 11.9 Å². The molecule has 0 saturated heterocycles. The van der Waals surface area contributed by atoms with E-state index < -0.39 is 0 Å². The lowest BCUT2D eigenvalue weighted by Crippen LogP contribution is -2.24. The predicted molar refractivity (Wildman–Crippen MR) is 98.8 cm³/mol. The first-order chi connectivity index (χ1) is 11.0. The molecule has 1 aromatic carbocycles. The van der Waals surface area contributed by atoms with Gasteiger partial charge in [0.1, 0.15) is 0 Å². The number of aromatic nitrogens is 2. The van der Waals surface area contributed by atoms with E-state index in [1.54, 1.807) is 11.8 Å². The van der Waals surface area contributed by atoms with Crippen LogP contribution in [0.5, 0.6) is 0 Å². The zero-order chi connectivity index (χ0) is 16.8. The van der Waals surface area contributed by atoms with Gasteiger partial charge in [-0.25, -0.2) is 0 Å². The molecule has 1 heterocycles. The largest absolute Gasteiger partial charge is 0.338 e. The van der Waals surface area contributed by atoms with E-state index in [2.05, 4.69) is 27.7 Å². The van der Waals surface area contributed by atoms with Crippen LogP contribution in [0.25, 0.3) is 0 Å². The smallest absolute Gasteiger partial charge is 0.239 e. The summed E-state index contributed by atoms with van der Waals surface area (Å²) in [6.07, 6.45) is 0.739. The van der Waals surface area contributed by atoms with Crippen LogP contribution in [0.1, 0.15) is 37.7 Å². The normalized spacial score (nSPS) is 13.0. The predicted octanol–water partition coefficient (Wildman–Crippen LogP) is 3.45. The zero-order valence-corrected chi connectivity index (χ0v) is 15.8. The van der Waals surface area contributed by atoms with Crippen LogP contribution < -0.4 is 10.6 Å². The molecule has 0 aliphatic carbocycles. The van der Waals surface area contributed by atoms with Gasteiger partial charge in [0.2, 0.25) is 11.8 Å². The van der Waals surface area contributed by atoms with Gasteiger partial charge in [-0.1, -0.05) is 5.16 Å². The minimum absolute atomic E-state index is 0. The highest BCUT2D eigenvalue weighted by Crippen LogP contribution is 2.34. The fourth-order valence-corrected chi connectivity index (χ4v) is 2.86. The van der Waals surface area contributed by atoms with Gasteiger partial charge in [-0.3, -0.25) is 4.79 Å². The second-order valence-electron chi connectivity index (χ2n) is 5.41. The Morgan fingerprint density at radius 3 is 2.54 bits per heavy atom. The molecule has 1 amide bonds. The molecule has 2 atom stereocenters. The Hall–Kier alpha value is -1.57. The average molecular weight is 371 g/mol. The Morgan fingerprint density at radius 1 is 1.29 bits per heavy atom. The summed E-state index contributed by atoms with van der Waals surface area (Å²) in [5, 5.41) is 9.99. The van der Waals surface area contributed by atoms with Gasteiger partial charge in [-0.15, -0.1) is 24.2 Å². The van der Waals surface area contributed by atoms with Crippen molar-refractivity contribution in [3.63, 3.8) is 0 Å². The van der Waals surface area contributed by atoms with Crippen molar-refractivity contribution >= 4 is 35.8 Å². The first-order valence-electron chi connectivity index (χ1n) is 7.52. The van der Waals surface area contributed by atoms with Crippen LogP contribution >= 0.6 is 24.2 Å². The van der Waals surface area contributed by atoms with Crippen LogP contribution in [0.15, 0.2) is 33.7 Å². The average Bonchev–Trinajstić information content (AvgIpc) is 2.97. The second kappa shape index (κ2) is 9.66. The molecule has 6 nitrogen and oxygen atoms in total. The number of rotatable bonds is 7. The summed E-state index contributed by atoms with van der Waals surface area (Å²) in [5.41, 5.74) is 0.788. The topological polar surface area (TPSA) is 80.0 Å². The highest BCUT2D eigenvalue weighted by atomic mass is 35.5. The lowest BCUT2D eigenvalue weighted by Gasteiger charge is -2.08. The quantitative estimate of drug-likeness (QED) is 0.726. The number of nitrogens with zero attached hydrogens (tertiary/aromatic N) is 2. The standard InChI is InChI=1S/C16H22N4O2S.ClH/c1-10(17-4)9-15-19-16(22-20-15)11(2)23-14-7-5-13(6-8-14)18-12(3)21;/h5-8,10-11,17H,9H2,1-4H3,(H,18,21);1H. The molecular formula is C16H23ClN4O2S. The third kappa shape index (κ3) is 6.14. The summed E-state index contributed by atoms with van der Waals surface area (Å²) in [7, 11) is 1.91. The Kier molecular flexibility index (Phi) is 8.24. The van der Waals surface area contributed by atoms with Crippen molar-refractivity contribution in [1.82, 2.24) is 15.5 Å². The van der Waals surface area contributed by atoms with E-state index in [9.17, 15) is 4.79 Å². The van der Waals surface area contributed by atoms with Gasteiger partial charge in [0.15, 0.2) is 5.82 Å². The Balaban J connectivity index is 0.00000288. The van der Waals surface area contributed by atoms with Gasteiger partial charge < -0.3 is 15.2 Å². The molecule has 1 aromatic heterocycles. The number of amides is 1. The molecule has 0 fully saturated rings. The molecule has 0 bridgehead atoms.